The summed E-state index contributed by atoms with van der Waals surface area (Å²) in [6, 6.07) is 3.45. The first-order chi connectivity index (χ1) is 10.3. The molecule has 1 aromatic rings. The van der Waals surface area contributed by atoms with Crippen molar-refractivity contribution in [2.45, 2.75) is 46.1 Å². The smallest absolute Gasteiger partial charge is 0.440 e. The van der Waals surface area contributed by atoms with Crippen LogP contribution in [0.4, 0.5) is 0 Å². The summed E-state index contributed by atoms with van der Waals surface area (Å²) in [6.07, 6.45) is 1.59. The van der Waals surface area contributed by atoms with E-state index in [2.05, 4.69) is 0 Å². The lowest BCUT2D eigenvalue weighted by Gasteiger charge is -2.21. The van der Waals surface area contributed by atoms with Crippen LogP contribution in [0.5, 0.6) is 11.5 Å². The van der Waals surface area contributed by atoms with Crippen molar-refractivity contribution < 1.29 is 18.3 Å². The van der Waals surface area contributed by atoms with E-state index in [9.17, 15) is 4.57 Å². The average Bonchev–Trinajstić information content (AvgIpc) is 2.77. The van der Waals surface area contributed by atoms with Crippen molar-refractivity contribution in [3.8, 4) is 11.5 Å². The molecule has 0 saturated heterocycles. The van der Waals surface area contributed by atoms with Crippen LogP contribution in [0.15, 0.2) is 12.1 Å². The normalized spacial score (nSPS) is 18.4. The third kappa shape index (κ3) is 4.14. The number of hydrogen-bond acceptors (Lipinski definition) is 5. The Morgan fingerprint density at radius 3 is 2.77 bits per heavy atom. The molecular weight excluding hydrogens is 343 g/mol. The highest BCUT2D eigenvalue weighted by molar-refractivity contribution is 8.55. The highest BCUT2D eigenvalue weighted by atomic mass is 35.5. The fourth-order valence-corrected chi connectivity index (χ4v) is 5.90. The zero-order chi connectivity index (χ0) is 16.4. The molecule has 0 fully saturated rings. The van der Waals surface area contributed by atoms with Gasteiger partial charge in [-0.15, -0.1) is 0 Å². The van der Waals surface area contributed by atoms with Crippen molar-refractivity contribution in [1.29, 1.82) is 0 Å². The van der Waals surface area contributed by atoms with Crippen molar-refractivity contribution in [2.75, 3.05) is 12.4 Å². The van der Waals surface area contributed by atoms with Gasteiger partial charge in [-0.1, -0.05) is 18.5 Å². The second-order valence-electron chi connectivity index (χ2n) is 5.68. The van der Waals surface area contributed by atoms with Gasteiger partial charge in [0, 0.05) is 22.8 Å². The van der Waals surface area contributed by atoms with Gasteiger partial charge in [0.2, 0.25) is 0 Å². The lowest BCUT2D eigenvalue weighted by atomic mass is 10.0. The van der Waals surface area contributed by atoms with E-state index in [1.165, 1.54) is 11.4 Å². The molecule has 0 amide bonds. The maximum absolute atomic E-state index is 12.8. The van der Waals surface area contributed by atoms with Crippen molar-refractivity contribution in [3.63, 3.8) is 0 Å². The van der Waals surface area contributed by atoms with Gasteiger partial charge >= 0.3 is 6.80 Å². The molecule has 7 heteroatoms. The second kappa shape index (κ2) is 7.04. The summed E-state index contributed by atoms with van der Waals surface area (Å²) in [6.45, 7) is 4.87. The Morgan fingerprint density at radius 2 is 2.14 bits per heavy atom. The Balaban J connectivity index is 2.30. The molecule has 1 aromatic carbocycles. The molecule has 2 rings (SSSR count). The fraction of sp³-hybridized carbons (Fsp3) is 0.600. The molecule has 0 saturated carbocycles. The predicted molar refractivity (Wildman–Crippen MR) is 92.5 cm³/mol. The molecule has 22 heavy (non-hydrogen) atoms. The molecule has 1 heterocycles. The summed E-state index contributed by atoms with van der Waals surface area (Å²) in [7, 11) is 0. The summed E-state index contributed by atoms with van der Waals surface area (Å²) in [5.41, 5.74) is 0.546. The molecule has 0 radical (unpaired) electrons. The summed E-state index contributed by atoms with van der Waals surface area (Å²) in [5.74, 6) is 1.72. The minimum Gasteiger partial charge on any atom is -0.483 e. The number of hydrogen-bond donors (Lipinski definition) is 0. The minimum absolute atomic E-state index is 0.329. The zero-order valence-corrected chi connectivity index (χ0v) is 15.8. The Kier molecular flexibility index (Phi) is 5.76. The van der Waals surface area contributed by atoms with Crippen LogP contribution >= 0.6 is 29.8 Å². The number of rotatable bonds is 7. The number of halogens is 1. The topological polar surface area (TPSA) is 44.8 Å². The summed E-state index contributed by atoms with van der Waals surface area (Å²) < 4.78 is 29.9. The van der Waals surface area contributed by atoms with Crippen LogP contribution in [0.3, 0.4) is 0 Å². The largest absolute Gasteiger partial charge is 0.483 e. The van der Waals surface area contributed by atoms with Gasteiger partial charge in [-0.25, -0.2) is 4.57 Å². The lowest BCUT2D eigenvalue weighted by Crippen LogP contribution is -2.24. The summed E-state index contributed by atoms with van der Waals surface area (Å²) in [4.78, 5) is 0. The fourth-order valence-electron chi connectivity index (χ4n) is 2.24. The molecule has 1 unspecified atom stereocenters. The summed E-state index contributed by atoms with van der Waals surface area (Å²) >= 11 is 7.46. The molecule has 0 N–H and O–H groups in total. The second-order valence-corrected chi connectivity index (χ2v) is 10.2. The highest BCUT2D eigenvalue weighted by Crippen LogP contribution is 2.62. The van der Waals surface area contributed by atoms with Crippen molar-refractivity contribution in [2.24, 2.45) is 0 Å². The van der Waals surface area contributed by atoms with E-state index in [1.54, 1.807) is 19.1 Å². The number of fused-ring (bicyclic) bond motifs is 1. The van der Waals surface area contributed by atoms with E-state index in [0.717, 1.165) is 12.0 Å². The van der Waals surface area contributed by atoms with Crippen LogP contribution in [-0.4, -0.2) is 18.0 Å². The number of benzene rings is 1. The quantitative estimate of drug-likeness (QED) is 0.579. The van der Waals surface area contributed by atoms with Gasteiger partial charge in [0.15, 0.2) is 11.5 Å². The first kappa shape index (κ1) is 18.0. The van der Waals surface area contributed by atoms with E-state index in [4.69, 9.17) is 25.4 Å². The van der Waals surface area contributed by atoms with Gasteiger partial charge in [0.1, 0.15) is 5.60 Å². The molecule has 1 atom stereocenters. The lowest BCUT2D eigenvalue weighted by molar-refractivity contribution is 0.135. The molecule has 4 nitrogen and oxygen atoms in total. The number of ether oxygens (including phenoxy) is 1. The molecule has 1 aliphatic rings. The monoisotopic (exact) mass is 364 g/mol. The molecule has 0 spiro atoms. The molecule has 0 aromatic heterocycles. The Hall–Kier alpha value is -0.350. The van der Waals surface area contributed by atoms with Crippen LogP contribution in [0, 0.1) is 0 Å². The van der Waals surface area contributed by atoms with Gasteiger partial charge in [-0.3, -0.25) is 4.52 Å². The van der Waals surface area contributed by atoms with E-state index in [0.29, 0.717) is 35.3 Å². The Labute approximate surface area is 141 Å². The Morgan fingerprint density at radius 1 is 1.41 bits per heavy atom. The van der Waals surface area contributed by atoms with Gasteiger partial charge in [-0.2, -0.15) is 0 Å². The highest BCUT2D eigenvalue weighted by Gasteiger charge is 2.36. The van der Waals surface area contributed by atoms with Crippen molar-refractivity contribution in [1.82, 2.24) is 0 Å². The molecule has 124 valence electrons. The zero-order valence-electron chi connectivity index (χ0n) is 13.3. The van der Waals surface area contributed by atoms with E-state index < -0.39 is 6.80 Å². The third-order valence-electron chi connectivity index (χ3n) is 3.10. The maximum Gasteiger partial charge on any atom is 0.440 e. The first-order valence-electron chi connectivity index (χ1n) is 7.39. The SMILES string of the molecule is CCCSP(=O)(OCC)Oc1ccc(Cl)c2c1OC(C)(C)C2. The van der Waals surface area contributed by atoms with Gasteiger partial charge in [-0.05, 0) is 50.7 Å². The molecular formula is C15H22ClO4PS. The first-order valence-corrected chi connectivity index (χ1v) is 10.9. The molecule has 0 bridgehead atoms. The average molecular weight is 365 g/mol. The van der Waals surface area contributed by atoms with E-state index in [-0.39, 0.29) is 5.60 Å². The van der Waals surface area contributed by atoms with Crippen molar-refractivity contribution >= 4 is 29.8 Å². The van der Waals surface area contributed by atoms with Gasteiger partial charge in [0.05, 0.1) is 6.61 Å². The molecule has 1 aliphatic heterocycles. The van der Waals surface area contributed by atoms with E-state index >= 15 is 0 Å². The van der Waals surface area contributed by atoms with Crippen LogP contribution in [0.2, 0.25) is 5.02 Å². The standard InChI is InChI=1S/C15H22ClO4PS/c1-5-9-22-21(17,18-6-2)20-13-8-7-12(16)11-10-15(3,4)19-14(11)13/h7-8H,5-6,9-10H2,1-4H3. The van der Waals surface area contributed by atoms with Crippen LogP contribution in [-0.2, 0) is 15.5 Å². The molecule has 0 aliphatic carbocycles. The van der Waals surface area contributed by atoms with Gasteiger partial charge < -0.3 is 9.26 Å². The minimum atomic E-state index is -3.25. The van der Waals surface area contributed by atoms with Crippen molar-refractivity contribution in [3.05, 3.63) is 22.7 Å². The third-order valence-corrected chi connectivity index (χ3v) is 7.39. The maximum atomic E-state index is 12.8. The van der Waals surface area contributed by atoms with Crippen LogP contribution in [0.1, 0.15) is 39.7 Å². The van der Waals surface area contributed by atoms with Crippen LogP contribution in [0.25, 0.3) is 0 Å². The Bertz CT molecular complexity index is 591. The summed E-state index contributed by atoms with van der Waals surface area (Å²) in [5, 5.41) is 0.639. The van der Waals surface area contributed by atoms with Crippen LogP contribution < -0.4 is 9.26 Å². The predicted octanol–water partition coefficient (Wildman–Crippen LogP) is 5.72. The van der Waals surface area contributed by atoms with Gasteiger partial charge in [0.25, 0.3) is 0 Å². The van der Waals surface area contributed by atoms with E-state index in [1.807, 2.05) is 20.8 Å².